The molecule has 1 unspecified atom stereocenters. The number of anilines is 2. The topological polar surface area (TPSA) is 81.1 Å². The monoisotopic (exact) mass is 315 g/mol. The number of carbonyl (C=O) groups is 1. The summed E-state index contributed by atoms with van der Waals surface area (Å²) >= 11 is 2.93. The summed E-state index contributed by atoms with van der Waals surface area (Å²) in [5.74, 6) is -0.448. The molecular weight excluding hydrogens is 290 g/mol. The van der Waals surface area contributed by atoms with Gasteiger partial charge in [0.15, 0.2) is 0 Å². The molecule has 1 aromatic heterocycles. The summed E-state index contributed by atoms with van der Waals surface area (Å²) in [6, 6.07) is 0.435. The molecule has 1 heterocycles. The maximum Gasteiger partial charge on any atom is 0.261 e. The Bertz CT molecular complexity index is 446. The molecule has 20 heavy (non-hydrogen) atoms. The Kier molecular flexibility index (Phi) is 7.23. The van der Waals surface area contributed by atoms with Crippen LogP contribution in [0.4, 0.5) is 10.7 Å². The summed E-state index contributed by atoms with van der Waals surface area (Å²) in [4.78, 5) is 12.8. The first-order valence-electron chi connectivity index (χ1n) is 7.07. The van der Waals surface area contributed by atoms with E-state index in [0.29, 0.717) is 16.6 Å². The second-order valence-corrected chi connectivity index (χ2v) is 6.68. The first-order chi connectivity index (χ1) is 9.54. The lowest BCUT2D eigenvalue weighted by atomic mass is 10.1. The van der Waals surface area contributed by atoms with Gasteiger partial charge in [-0.05, 0) is 19.1 Å². The van der Waals surface area contributed by atoms with E-state index in [1.165, 1.54) is 24.2 Å². The van der Waals surface area contributed by atoms with Crippen molar-refractivity contribution >= 4 is 39.7 Å². The molecule has 1 rings (SSSR count). The molecule has 4 nitrogen and oxygen atoms in total. The third kappa shape index (κ3) is 4.31. The number of nitrogen functional groups attached to an aromatic ring is 1. The van der Waals surface area contributed by atoms with Crippen LogP contribution in [-0.2, 0) is 0 Å². The summed E-state index contributed by atoms with van der Waals surface area (Å²) in [5.41, 5.74) is 11.9. The van der Waals surface area contributed by atoms with Gasteiger partial charge in [-0.3, -0.25) is 4.79 Å². The molecule has 6 heteroatoms. The van der Waals surface area contributed by atoms with Gasteiger partial charge in [0.25, 0.3) is 5.91 Å². The fraction of sp³-hybridized carbons (Fsp3) is 0.643. The van der Waals surface area contributed by atoms with Gasteiger partial charge in [-0.25, -0.2) is 0 Å². The first-order valence-corrected chi connectivity index (χ1v) is 9.11. The number of amides is 1. The zero-order valence-electron chi connectivity index (χ0n) is 12.5. The van der Waals surface area contributed by atoms with Crippen molar-refractivity contribution in [1.29, 1.82) is 0 Å². The van der Waals surface area contributed by atoms with Gasteiger partial charge in [-0.2, -0.15) is 0 Å². The molecule has 1 atom stereocenters. The highest BCUT2D eigenvalue weighted by atomic mass is 32.2. The van der Waals surface area contributed by atoms with Gasteiger partial charge >= 0.3 is 0 Å². The van der Waals surface area contributed by atoms with E-state index in [1.54, 1.807) is 11.8 Å². The van der Waals surface area contributed by atoms with Crippen molar-refractivity contribution in [2.45, 2.75) is 56.9 Å². The van der Waals surface area contributed by atoms with Crippen LogP contribution in [0.3, 0.4) is 0 Å². The lowest BCUT2D eigenvalue weighted by molar-refractivity contribution is 0.100. The van der Waals surface area contributed by atoms with E-state index in [9.17, 15) is 4.79 Å². The number of primary amides is 1. The minimum Gasteiger partial charge on any atom is -0.396 e. The fourth-order valence-corrected chi connectivity index (χ4v) is 4.13. The van der Waals surface area contributed by atoms with E-state index < -0.39 is 5.91 Å². The molecular formula is C14H25N3OS2. The van der Waals surface area contributed by atoms with Crippen molar-refractivity contribution in [3.63, 3.8) is 0 Å². The molecule has 0 radical (unpaired) electrons. The SMILES string of the molecule is CCCCC(CCC)Nc1sc(C(N)=O)c(N)c1SC. The van der Waals surface area contributed by atoms with Crippen molar-refractivity contribution in [3.8, 4) is 0 Å². The summed E-state index contributed by atoms with van der Waals surface area (Å²) in [7, 11) is 0. The van der Waals surface area contributed by atoms with E-state index in [2.05, 4.69) is 19.2 Å². The van der Waals surface area contributed by atoms with Crippen LogP contribution in [0.5, 0.6) is 0 Å². The summed E-state index contributed by atoms with van der Waals surface area (Å²) in [6.45, 7) is 4.39. The summed E-state index contributed by atoms with van der Waals surface area (Å²) in [6.07, 6.45) is 7.76. The highest BCUT2D eigenvalue weighted by Gasteiger charge is 2.20. The second-order valence-electron chi connectivity index (χ2n) is 4.84. The van der Waals surface area contributed by atoms with Crippen LogP contribution in [-0.4, -0.2) is 18.2 Å². The normalized spacial score (nSPS) is 12.3. The molecule has 0 aliphatic rings. The number of carbonyl (C=O) groups excluding carboxylic acids is 1. The van der Waals surface area contributed by atoms with Crippen molar-refractivity contribution in [2.75, 3.05) is 17.3 Å². The van der Waals surface area contributed by atoms with Crippen LogP contribution in [0.1, 0.15) is 55.6 Å². The smallest absolute Gasteiger partial charge is 0.261 e. The molecule has 0 aliphatic carbocycles. The number of hydrogen-bond donors (Lipinski definition) is 3. The molecule has 0 bridgehead atoms. The van der Waals surface area contributed by atoms with Gasteiger partial charge in [0.2, 0.25) is 0 Å². The third-order valence-electron chi connectivity index (χ3n) is 3.21. The first kappa shape index (κ1) is 17.2. The Morgan fingerprint density at radius 2 is 2.05 bits per heavy atom. The Balaban J connectivity index is 2.93. The van der Waals surface area contributed by atoms with Crippen LogP contribution in [0.15, 0.2) is 4.90 Å². The maximum atomic E-state index is 11.4. The fourth-order valence-electron chi connectivity index (χ4n) is 2.18. The molecule has 0 aliphatic heterocycles. The number of thiophene rings is 1. The van der Waals surface area contributed by atoms with E-state index in [0.717, 1.165) is 29.2 Å². The maximum absolute atomic E-state index is 11.4. The lowest BCUT2D eigenvalue weighted by Crippen LogP contribution is -2.18. The van der Waals surface area contributed by atoms with Crippen LogP contribution in [0.25, 0.3) is 0 Å². The largest absolute Gasteiger partial charge is 0.396 e. The molecule has 0 saturated carbocycles. The van der Waals surface area contributed by atoms with Crippen LogP contribution < -0.4 is 16.8 Å². The Labute approximate surface area is 129 Å². The number of nitrogens with one attached hydrogen (secondary N) is 1. The molecule has 1 aromatic rings. The summed E-state index contributed by atoms with van der Waals surface area (Å²) < 4.78 is 0. The lowest BCUT2D eigenvalue weighted by Gasteiger charge is -2.18. The Morgan fingerprint density at radius 1 is 1.35 bits per heavy atom. The van der Waals surface area contributed by atoms with Crippen LogP contribution >= 0.6 is 23.1 Å². The van der Waals surface area contributed by atoms with Gasteiger partial charge in [0.05, 0.1) is 10.6 Å². The molecule has 114 valence electrons. The number of rotatable bonds is 9. The van der Waals surface area contributed by atoms with E-state index >= 15 is 0 Å². The minimum absolute atomic E-state index is 0.435. The Morgan fingerprint density at radius 3 is 2.55 bits per heavy atom. The van der Waals surface area contributed by atoms with Crippen molar-refractivity contribution in [2.24, 2.45) is 5.73 Å². The zero-order chi connectivity index (χ0) is 15.1. The predicted octanol–water partition coefficient (Wildman–Crippen LogP) is 3.92. The van der Waals surface area contributed by atoms with Gasteiger partial charge in [0.1, 0.15) is 9.88 Å². The molecule has 0 spiro atoms. The second kappa shape index (κ2) is 8.42. The van der Waals surface area contributed by atoms with Gasteiger partial charge in [-0.1, -0.05) is 33.1 Å². The van der Waals surface area contributed by atoms with E-state index in [-0.39, 0.29) is 0 Å². The van der Waals surface area contributed by atoms with Gasteiger partial charge < -0.3 is 16.8 Å². The molecule has 0 saturated heterocycles. The van der Waals surface area contributed by atoms with Gasteiger partial charge in [0, 0.05) is 6.04 Å². The summed E-state index contributed by atoms with van der Waals surface area (Å²) in [5, 5.41) is 4.54. The van der Waals surface area contributed by atoms with Crippen molar-refractivity contribution < 1.29 is 4.79 Å². The molecule has 0 fully saturated rings. The van der Waals surface area contributed by atoms with Crippen LogP contribution in [0.2, 0.25) is 0 Å². The Hall–Kier alpha value is -0.880. The average Bonchev–Trinajstić information content (AvgIpc) is 2.72. The number of hydrogen-bond acceptors (Lipinski definition) is 5. The molecule has 0 aromatic carbocycles. The standard InChI is InChI=1S/C14H25N3OS2/c1-4-6-8-9(7-5-2)17-14-12(19-3)10(15)11(20-14)13(16)18/h9,17H,4-8,15H2,1-3H3,(H2,16,18). The number of unbranched alkanes of at least 4 members (excludes halogenated alkanes) is 1. The predicted molar refractivity (Wildman–Crippen MR) is 90.9 cm³/mol. The van der Waals surface area contributed by atoms with Crippen molar-refractivity contribution in [1.82, 2.24) is 0 Å². The molecule has 1 amide bonds. The van der Waals surface area contributed by atoms with Crippen LogP contribution in [0, 0.1) is 0 Å². The quantitative estimate of drug-likeness (QED) is 0.603. The number of thioether (sulfide) groups is 1. The zero-order valence-corrected chi connectivity index (χ0v) is 14.1. The average molecular weight is 316 g/mol. The highest BCUT2D eigenvalue weighted by Crippen LogP contribution is 2.42. The van der Waals surface area contributed by atoms with Crippen molar-refractivity contribution in [3.05, 3.63) is 4.88 Å². The van der Waals surface area contributed by atoms with E-state index in [4.69, 9.17) is 11.5 Å². The highest BCUT2D eigenvalue weighted by molar-refractivity contribution is 7.99. The number of nitrogens with two attached hydrogens (primary N) is 2. The van der Waals surface area contributed by atoms with E-state index in [1.807, 2.05) is 6.26 Å². The minimum atomic E-state index is -0.448. The van der Waals surface area contributed by atoms with Gasteiger partial charge in [-0.15, -0.1) is 23.1 Å². The molecule has 5 N–H and O–H groups in total. The third-order valence-corrected chi connectivity index (χ3v) is 5.32.